The molecule has 0 aromatic carbocycles. The van der Waals surface area contributed by atoms with E-state index in [4.69, 9.17) is 0 Å². The van der Waals surface area contributed by atoms with E-state index in [1.165, 1.54) is 24.2 Å². The van der Waals surface area contributed by atoms with Crippen molar-refractivity contribution in [3.05, 3.63) is 17.7 Å². The van der Waals surface area contributed by atoms with Crippen molar-refractivity contribution >= 4 is 0 Å². The van der Waals surface area contributed by atoms with E-state index in [2.05, 4.69) is 35.8 Å². The highest BCUT2D eigenvalue weighted by atomic mass is 15.1. The van der Waals surface area contributed by atoms with Crippen LogP contribution in [0.3, 0.4) is 0 Å². The Hall–Kier alpha value is -0.830. The van der Waals surface area contributed by atoms with Gasteiger partial charge in [0.15, 0.2) is 0 Å². The maximum atomic E-state index is 4.53. The molecule has 1 aromatic heterocycles. The largest absolute Gasteiger partial charge is 0.336 e. The fourth-order valence-electron chi connectivity index (χ4n) is 3.42. The van der Waals surface area contributed by atoms with E-state index in [1.807, 2.05) is 6.33 Å². The topological polar surface area (TPSA) is 29.9 Å². The molecular weight excluding hydrogens is 198 g/mol. The average molecular weight is 219 g/mol. The Morgan fingerprint density at radius 2 is 2.25 bits per heavy atom. The lowest BCUT2D eigenvalue weighted by molar-refractivity contribution is 0.0557. The minimum atomic E-state index is 0.258. The predicted octanol–water partition coefficient (Wildman–Crippen LogP) is 1.83. The average Bonchev–Trinajstić information content (AvgIpc) is 2.57. The number of rotatable bonds is 1. The molecule has 0 saturated heterocycles. The van der Waals surface area contributed by atoms with E-state index in [9.17, 15) is 0 Å². The number of hydrogen-bond donors (Lipinski definition) is 1. The fourth-order valence-corrected chi connectivity index (χ4v) is 3.42. The maximum absolute atomic E-state index is 4.53. The van der Waals surface area contributed by atoms with E-state index in [-0.39, 0.29) is 5.54 Å². The van der Waals surface area contributed by atoms with Gasteiger partial charge < -0.3 is 9.88 Å². The third kappa shape index (κ3) is 1.27. The molecule has 16 heavy (non-hydrogen) atoms. The highest BCUT2D eigenvalue weighted by Gasteiger charge is 2.50. The summed E-state index contributed by atoms with van der Waals surface area (Å²) in [4.78, 5) is 4.53. The van der Waals surface area contributed by atoms with Crippen LogP contribution in [-0.2, 0) is 19.0 Å². The van der Waals surface area contributed by atoms with E-state index < -0.39 is 0 Å². The molecule has 1 saturated carbocycles. The van der Waals surface area contributed by atoms with Gasteiger partial charge in [0.1, 0.15) is 0 Å². The summed E-state index contributed by atoms with van der Waals surface area (Å²) in [6.45, 7) is 5.77. The summed E-state index contributed by atoms with van der Waals surface area (Å²) in [5.74, 6) is 1.69. The zero-order chi connectivity index (χ0) is 11.3. The van der Waals surface area contributed by atoms with Crippen LogP contribution in [0.15, 0.2) is 6.33 Å². The van der Waals surface area contributed by atoms with Gasteiger partial charge in [-0.15, -0.1) is 0 Å². The Bertz CT molecular complexity index is 399. The zero-order valence-corrected chi connectivity index (χ0v) is 10.5. The minimum absolute atomic E-state index is 0.258. The monoisotopic (exact) mass is 219 g/mol. The second kappa shape index (κ2) is 3.33. The van der Waals surface area contributed by atoms with Crippen LogP contribution in [0.5, 0.6) is 0 Å². The molecular formula is C13H21N3. The number of aryl methyl sites for hydroxylation is 1. The third-order valence-corrected chi connectivity index (χ3v) is 4.46. The van der Waals surface area contributed by atoms with Crippen molar-refractivity contribution in [2.75, 3.05) is 6.54 Å². The van der Waals surface area contributed by atoms with Crippen molar-refractivity contribution in [3.8, 4) is 0 Å². The number of fused-ring (bicyclic) bond motifs is 2. The Morgan fingerprint density at radius 1 is 1.50 bits per heavy atom. The van der Waals surface area contributed by atoms with Gasteiger partial charge in [0.25, 0.3) is 0 Å². The quantitative estimate of drug-likeness (QED) is 0.781. The van der Waals surface area contributed by atoms with Gasteiger partial charge in [0, 0.05) is 20.0 Å². The second-order valence-corrected chi connectivity index (χ2v) is 5.82. The van der Waals surface area contributed by atoms with Gasteiger partial charge in [-0.3, -0.25) is 0 Å². The molecule has 2 aliphatic rings. The fraction of sp³-hybridized carbons (Fsp3) is 0.769. The van der Waals surface area contributed by atoms with Crippen LogP contribution >= 0.6 is 0 Å². The normalized spacial score (nSPS) is 32.9. The van der Waals surface area contributed by atoms with Gasteiger partial charge >= 0.3 is 0 Å². The first-order valence-corrected chi connectivity index (χ1v) is 6.38. The standard InChI is InChI=1S/C13H21N3/c1-9(2)10-6-13(7-10)12-11(4-5-15-13)14-8-16(12)3/h8-10,15H,4-7H2,1-3H3. The molecule has 3 nitrogen and oxygen atoms in total. The van der Waals surface area contributed by atoms with E-state index in [0.717, 1.165) is 24.8 Å². The van der Waals surface area contributed by atoms with Gasteiger partial charge in [-0.2, -0.15) is 0 Å². The van der Waals surface area contributed by atoms with Crippen molar-refractivity contribution in [3.63, 3.8) is 0 Å². The molecule has 1 aromatic rings. The summed E-state index contributed by atoms with van der Waals surface area (Å²) in [7, 11) is 2.13. The molecule has 1 fully saturated rings. The van der Waals surface area contributed by atoms with Gasteiger partial charge in [-0.05, 0) is 24.7 Å². The first kappa shape index (κ1) is 10.3. The molecule has 3 rings (SSSR count). The van der Waals surface area contributed by atoms with E-state index in [0.29, 0.717) is 0 Å². The van der Waals surface area contributed by atoms with Crippen molar-refractivity contribution in [2.45, 2.75) is 38.6 Å². The van der Waals surface area contributed by atoms with Crippen molar-refractivity contribution in [1.82, 2.24) is 14.9 Å². The molecule has 0 unspecified atom stereocenters. The maximum Gasteiger partial charge on any atom is 0.0949 e. The molecule has 0 bridgehead atoms. The van der Waals surface area contributed by atoms with Crippen molar-refractivity contribution in [1.29, 1.82) is 0 Å². The second-order valence-electron chi connectivity index (χ2n) is 5.82. The molecule has 1 aliphatic carbocycles. The molecule has 1 N–H and O–H groups in total. The molecule has 3 heteroatoms. The van der Waals surface area contributed by atoms with Crippen LogP contribution in [0.2, 0.25) is 0 Å². The summed E-state index contributed by atoms with van der Waals surface area (Å²) in [5.41, 5.74) is 3.03. The summed E-state index contributed by atoms with van der Waals surface area (Å²) in [6, 6.07) is 0. The number of hydrogen-bond acceptors (Lipinski definition) is 2. The van der Waals surface area contributed by atoms with Crippen LogP contribution < -0.4 is 5.32 Å². The first-order chi connectivity index (χ1) is 7.62. The number of imidazole rings is 1. The highest BCUT2D eigenvalue weighted by Crippen LogP contribution is 2.50. The molecule has 1 aliphatic heterocycles. The highest BCUT2D eigenvalue weighted by molar-refractivity contribution is 5.30. The lowest BCUT2D eigenvalue weighted by Crippen LogP contribution is -2.57. The van der Waals surface area contributed by atoms with Crippen LogP contribution in [-0.4, -0.2) is 16.1 Å². The molecule has 1 spiro atoms. The lowest BCUT2D eigenvalue weighted by Gasteiger charge is -2.52. The Balaban J connectivity index is 1.92. The Kier molecular flexibility index (Phi) is 2.15. The number of nitrogens with zero attached hydrogens (tertiary/aromatic N) is 2. The zero-order valence-electron chi connectivity index (χ0n) is 10.5. The van der Waals surface area contributed by atoms with Crippen LogP contribution in [0.25, 0.3) is 0 Å². The van der Waals surface area contributed by atoms with Gasteiger partial charge in [0.2, 0.25) is 0 Å². The summed E-state index contributed by atoms with van der Waals surface area (Å²) >= 11 is 0. The number of aromatic nitrogens is 2. The Labute approximate surface area is 97.3 Å². The predicted molar refractivity (Wildman–Crippen MR) is 64.2 cm³/mol. The first-order valence-electron chi connectivity index (χ1n) is 6.38. The molecule has 2 heterocycles. The summed E-state index contributed by atoms with van der Waals surface area (Å²) in [6.07, 6.45) is 5.64. The smallest absolute Gasteiger partial charge is 0.0949 e. The van der Waals surface area contributed by atoms with Crippen LogP contribution in [0, 0.1) is 11.8 Å². The van der Waals surface area contributed by atoms with Gasteiger partial charge in [0.05, 0.1) is 23.3 Å². The molecule has 0 atom stereocenters. The number of nitrogens with one attached hydrogen (secondary N) is 1. The van der Waals surface area contributed by atoms with Crippen LogP contribution in [0.4, 0.5) is 0 Å². The van der Waals surface area contributed by atoms with Gasteiger partial charge in [-0.1, -0.05) is 13.8 Å². The van der Waals surface area contributed by atoms with E-state index >= 15 is 0 Å². The van der Waals surface area contributed by atoms with Crippen molar-refractivity contribution in [2.24, 2.45) is 18.9 Å². The molecule has 88 valence electrons. The summed E-state index contributed by atoms with van der Waals surface area (Å²) in [5, 5.41) is 3.74. The minimum Gasteiger partial charge on any atom is -0.336 e. The SMILES string of the molecule is CC(C)C1CC2(C1)NCCc1ncn(C)c12. The van der Waals surface area contributed by atoms with Gasteiger partial charge in [-0.25, -0.2) is 4.98 Å². The van der Waals surface area contributed by atoms with Crippen molar-refractivity contribution < 1.29 is 0 Å². The van der Waals surface area contributed by atoms with E-state index in [1.54, 1.807) is 0 Å². The lowest BCUT2D eigenvalue weighted by atomic mass is 9.61. The third-order valence-electron chi connectivity index (χ3n) is 4.46. The van der Waals surface area contributed by atoms with Crippen LogP contribution in [0.1, 0.15) is 38.1 Å². The Morgan fingerprint density at radius 3 is 2.94 bits per heavy atom. The molecule has 0 amide bonds. The molecule has 0 radical (unpaired) electrons. The summed E-state index contributed by atoms with van der Waals surface area (Å²) < 4.78 is 2.22.